The summed E-state index contributed by atoms with van der Waals surface area (Å²) in [5.41, 5.74) is -0.887. The second kappa shape index (κ2) is 7.96. The summed E-state index contributed by atoms with van der Waals surface area (Å²) in [6.45, 7) is 0.265. The van der Waals surface area contributed by atoms with Crippen LogP contribution in [0.25, 0.3) is 0 Å². The third-order valence-corrected chi connectivity index (χ3v) is 5.16. The van der Waals surface area contributed by atoms with Crippen LogP contribution in [-0.4, -0.2) is 23.2 Å². The van der Waals surface area contributed by atoms with E-state index in [2.05, 4.69) is 0 Å². The lowest BCUT2D eigenvalue weighted by molar-refractivity contribution is 0.00183. The number of hydrogen-bond acceptors (Lipinski definition) is 4. The van der Waals surface area contributed by atoms with Crippen LogP contribution >= 0.6 is 11.9 Å². The molecule has 28 heavy (non-hydrogen) atoms. The second-order valence-electron chi connectivity index (χ2n) is 6.23. The Morgan fingerprint density at radius 1 is 0.929 bits per heavy atom. The highest BCUT2D eigenvalue weighted by molar-refractivity contribution is 8.11. The van der Waals surface area contributed by atoms with Gasteiger partial charge in [0.25, 0.3) is 5.24 Å². The summed E-state index contributed by atoms with van der Waals surface area (Å²) < 4.78 is 74.3. The molecule has 1 fully saturated rings. The van der Waals surface area contributed by atoms with Gasteiger partial charge in [-0.1, -0.05) is 30.3 Å². The number of likely N-dealkylation sites (tertiary alicyclic amines) is 1. The molecule has 0 aliphatic carbocycles. The molecule has 1 aliphatic heterocycles. The molecule has 2 aromatic carbocycles. The first-order chi connectivity index (χ1) is 13.3. The molecular formula is C18H15F5N2O2S. The predicted molar refractivity (Wildman–Crippen MR) is 93.0 cm³/mol. The molecule has 1 aliphatic rings. The number of hydrogen-bond donors (Lipinski definition) is 1. The molecule has 1 amide bonds. The maximum atomic E-state index is 14.2. The zero-order chi connectivity index (χ0) is 20.5. The molecule has 0 radical (unpaired) electrons. The SMILES string of the molecule is NSC(=O)N1CCC(Oc2c(F)c(F)c(F)c(F)c2F)(c2ccccc2)CC1. The molecule has 0 spiro atoms. The molecule has 10 heteroatoms. The summed E-state index contributed by atoms with van der Waals surface area (Å²) in [6, 6.07) is 8.28. The Labute approximate surface area is 161 Å². The highest BCUT2D eigenvalue weighted by Crippen LogP contribution is 2.41. The smallest absolute Gasteiger partial charge is 0.296 e. The zero-order valence-electron chi connectivity index (χ0n) is 14.4. The van der Waals surface area contributed by atoms with Gasteiger partial charge >= 0.3 is 0 Å². The highest BCUT2D eigenvalue weighted by Gasteiger charge is 2.42. The molecule has 0 atom stereocenters. The fourth-order valence-electron chi connectivity index (χ4n) is 3.19. The first-order valence-electron chi connectivity index (χ1n) is 8.22. The monoisotopic (exact) mass is 418 g/mol. The van der Waals surface area contributed by atoms with Crippen molar-refractivity contribution in [2.75, 3.05) is 13.1 Å². The lowest BCUT2D eigenvalue weighted by atomic mass is 9.84. The van der Waals surface area contributed by atoms with Gasteiger partial charge in [0.05, 0.1) is 0 Å². The van der Waals surface area contributed by atoms with Gasteiger partial charge in [0.15, 0.2) is 5.75 Å². The van der Waals surface area contributed by atoms with Crippen LogP contribution in [0.15, 0.2) is 30.3 Å². The van der Waals surface area contributed by atoms with E-state index in [1.807, 2.05) is 0 Å². The number of nitrogens with two attached hydrogens (primary N) is 1. The number of benzene rings is 2. The number of rotatable bonds is 3. The molecule has 3 rings (SSSR count). The normalized spacial score (nSPS) is 16.1. The van der Waals surface area contributed by atoms with E-state index >= 15 is 0 Å². The van der Waals surface area contributed by atoms with Gasteiger partial charge in [-0.05, 0) is 5.56 Å². The van der Waals surface area contributed by atoms with Crippen molar-refractivity contribution in [1.82, 2.24) is 4.90 Å². The molecule has 150 valence electrons. The third kappa shape index (κ3) is 3.53. The van der Waals surface area contributed by atoms with Gasteiger partial charge in [-0.3, -0.25) is 9.93 Å². The quantitative estimate of drug-likeness (QED) is 0.346. The first-order valence-corrected chi connectivity index (χ1v) is 9.10. The largest absolute Gasteiger partial charge is 0.476 e. The summed E-state index contributed by atoms with van der Waals surface area (Å²) >= 11 is 0.527. The van der Waals surface area contributed by atoms with E-state index in [9.17, 15) is 26.7 Å². The number of carbonyl (C=O) groups excluding carboxylic acids is 1. The Kier molecular flexibility index (Phi) is 5.80. The van der Waals surface area contributed by atoms with E-state index < -0.39 is 45.7 Å². The van der Waals surface area contributed by atoms with Gasteiger partial charge in [0.2, 0.25) is 29.1 Å². The van der Waals surface area contributed by atoms with E-state index in [4.69, 9.17) is 9.88 Å². The van der Waals surface area contributed by atoms with Crippen LogP contribution in [0.3, 0.4) is 0 Å². The fraction of sp³-hybridized carbons (Fsp3) is 0.278. The Hall–Kier alpha value is -2.33. The minimum absolute atomic E-state index is 0.0722. The highest BCUT2D eigenvalue weighted by atomic mass is 32.2. The Bertz CT molecular complexity index is 860. The van der Waals surface area contributed by atoms with E-state index in [1.54, 1.807) is 30.3 Å². The fourth-order valence-corrected chi connectivity index (χ4v) is 3.52. The number of piperidine rings is 1. The van der Waals surface area contributed by atoms with E-state index in [0.29, 0.717) is 17.5 Å². The summed E-state index contributed by atoms with van der Waals surface area (Å²) in [5, 5.41) is 4.88. The van der Waals surface area contributed by atoms with Gasteiger partial charge < -0.3 is 9.64 Å². The maximum Gasteiger partial charge on any atom is 0.296 e. The number of halogens is 5. The molecule has 2 aromatic rings. The van der Waals surface area contributed by atoms with E-state index in [0.717, 1.165) is 0 Å². The van der Waals surface area contributed by atoms with Crippen LogP contribution in [0.4, 0.5) is 26.7 Å². The molecule has 0 aromatic heterocycles. The summed E-state index contributed by atoms with van der Waals surface area (Å²) in [5.74, 6) is -11.8. The molecule has 2 N–H and O–H groups in total. The average molecular weight is 418 g/mol. The minimum Gasteiger partial charge on any atom is -0.476 e. The van der Waals surface area contributed by atoms with E-state index in [1.165, 1.54) is 4.90 Å². The third-order valence-electron chi connectivity index (χ3n) is 4.70. The van der Waals surface area contributed by atoms with Crippen molar-refractivity contribution in [3.05, 3.63) is 65.0 Å². The number of amides is 1. The predicted octanol–water partition coefficient (Wildman–Crippen LogP) is 4.48. The van der Waals surface area contributed by atoms with Crippen molar-refractivity contribution in [3.63, 3.8) is 0 Å². The van der Waals surface area contributed by atoms with Crippen LogP contribution < -0.4 is 9.88 Å². The van der Waals surface area contributed by atoms with Crippen LogP contribution in [-0.2, 0) is 5.60 Å². The van der Waals surface area contributed by atoms with Crippen LogP contribution in [0, 0.1) is 29.1 Å². The molecule has 4 nitrogen and oxygen atoms in total. The van der Waals surface area contributed by atoms with Gasteiger partial charge in [-0.15, -0.1) is 0 Å². The van der Waals surface area contributed by atoms with Crippen LogP contribution in [0.2, 0.25) is 0 Å². The Balaban J connectivity index is 2.03. The van der Waals surface area contributed by atoms with Crippen LogP contribution in [0.5, 0.6) is 5.75 Å². The minimum atomic E-state index is -2.25. The van der Waals surface area contributed by atoms with Gasteiger partial charge in [-0.2, -0.15) is 8.78 Å². The first kappa shape index (κ1) is 20.4. The molecular weight excluding hydrogens is 403 g/mol. The lowest BCUT2D eigenvalue weighted by Gasteiger charge is -2.42. The second-order valence-corrected chi connectivity index (χ2v) is 6.82. The van der Waals surface area contributed by atoms with Crippen molar-refractivity contribution < 1.29 is 31.5 Å². The zero-order valence-corrected chi connectivity index (χ0v) is 15.2. The molecule has 1 saturated heterocycles. The summed E-state index contributed by atoms with van der Waals surface area (Å²) in [6.07, 6.45) is 0.144. The van der Waals surface area contributed by atoms with Gasteiger partial charge in [0.1, 0.15) is 5.60 Å². The number of carbonyl (C=O) groups is 1. The van der Waals surface area contributed by atoms with Crippen molar-refractivity contribution >= 4 is 17.2 Å². The van der Waals surface area contributed by atoms with Crippen molar-refractivity contribution in [3.8, 4) is 5.75 Å². The Morgan fingerprint density at radius 3 is 1.93 bits per heavy atom. The van der Waals surface area contributed by atoms with E-state index in [-0.39, 0.29) is 25.9 Å². The average Bonchev–Trinajstić information content (AvgIpc) is 2.74. The van der Waals surface area contributed by atoms with Crippen molar-refractivity contribution in [2.24, 2.45) is 5.14 Å². The topological polar surface area (TPSA) is 55.6 Å². The number of ether oxygens (including phenoxy) is 1. The molecule has 0 bridgehead atoms. The van der Waals surface area contributed by atoms with Crippen molar-refractivity contribution in [2.45, 2.75) is 18.4 Å². The van der Waals surface area contributed by atoms with Crippen LogP contribution in [0.1, 0.15) is 18.4 Å². The Morgan fingerprint density at radius 2 is 1.43 bits per heavy atom. The molecule has 1 heterocycles. The van der Waals surface area contributed by atoms with Crippen molar-refractivity contribution in [1.29, 1.82) is 0 Å². The number of nitrogens with zero attached hydrogens (tertiary/aromatic N) is 1. The standard InChI is InChI=1S/C18H15F5N2O2S/c19-11-12(20)14(22)16(15(23)13(11)21)27-18(10-4-2-1-3-5-10)6-8-25(9-7-18)17(26)28-24/h1-5H,6-9,24H2. The molecule has 0 unspecified atom stereocenters. The van der Waals surface area contributed by atoms with Gasteiger partial charge in [-0.25, -0.2) is 13.2 Å². The summed E-state index contributed by atoms with van der Waals surface area (Å²) in [7, 11) is 0. The van der Waals surface area contributed by atoms with Gasteiger partial charge in [0, 0.05) is 37.9 Å². The maximum absolute atomic E-state index is 14.2. The lowest BCUT2D eigenvalue weighted by Crippen LogP contribution is -2.47. The summed E-state index contributed by atoms with van der Waals surface area (Å²) in [4.78, 5) is 13.2. The molecule has 0 saturated carbocycles.